The Balaban J connectivity index is -0.000000107. The van der Waals surface area contributed by atoms with Crippen LogP contribution in [0.3, 0.4) is 0 Å². The first-order valence-corrected chi connectivity index (χ1v) is 37.6. The summed E-state index contributed by atoms with van der Waals surface area (Å²) >= 11 is 0. The molecule has 0 unspecified atom stereocenters. The summed E-state index contributed by atoms with van der Waals surface area (Å²) in [5.41, 5.74) is 0. The Morgan fingerprint density at radius 2 is 0.279 bits per heavy atom. The van der Waals surface area contributed by atoms with Crippen LogP contribution in [0.2, 0.25) is 0 Å². The molecule has 0 aliphatic carbocycles. The van der Waals surface area contributed by atoms with Crippen molar-refractivity contribution >= 4 is 17.7 Å². The summed E-state index contributed by atoms with van der Waals surface area (Å²) < 4.78 is 0. The van der Waals surface area contributed by atoms with Gasteiger partial charge in [0.1, 0.15) is 0 Å². The molecule has 9 heterocycles. The van der Waals surface area contributed by atoms with Crippen molar-refractivity contribution in [2.75, 3.05) is 162 Å². The van der Waals surface area contributed by atoms with E-state index < -0.39 is 0 Å². The topological polar surface area (TPSA) is 80.4 Å². The molecule has 3 amide bonds. The molecule has 9 aliphatic rings. The van der Waals surface area contributed by atoms with Gasteiger partial charge in [-0.2, -0.15) is 0 Å². The van der Waals surface area contributed by atoms with E-state index in [-0.39, 0.29) is 0 Å². The SMILES string of the molecule is CC.CC.CC.CC.CC.CC.CC.CC.CC.CN1CCCC1.CN1CCCC1=O.CN1CCCCC1.CN1CCCCC1.CN1CCCCC1=O.CN1CCCCCC1.CN1CCCCCC1.CN1CCCCCC1.CN1CCCCCC1=O. The van der Waals surface area contributed by atoms with E-state index in [2.05, 4.69) is 71.7 Å². The summed E-state index contributed by atoms with van der Waals surface area (Å²) in [6.07, 6.45) is 37.6. The van der Waals surface area contributed by atoms with Gasteiger partial charge in [0.15, 0.2) is 0 Å². The lowest BCUT2D eigenvalue weighted by atomic mass is 10.1. The maximum atomic E-state index is 10.9. The molecule has 0 aromatic heterocycles. The Labute approximate surface area is 546 Å². The summed E-state index contributed by atoms with van der Waals surface area (Å²) in [6.45, 7) is 54.7. The van der Waals surface area contributed by atoms with E-state index in [1.165, 1.54) is 226 Å². The highest BCUT2D eigenvalue weighted by Crippen LogP contribution is 2.11. The molecule has 86 heavy (non-hydrogen) atoms. The second-order valence-electron chi connectivity index (χ2n) is 21.7. The quantitative estimate of drug-likeness (QED) is 0.236. The third-order valence-electron chi connectivity index (χ3n) is 14.7. The fourth-order valence-electron chi connectivity index (χ4n) is 9.51. The van der Waals surface area contributed by atoms with Gasteiger partial charge in [-0.05, 0) is 230 Å². The number of hydrogen-bond donors (Lipinski definition) is 0. The highest BCUT2D eigenvalue weighted by Gasteiger charge is 2.15. The summed E-state index contributed by atoms with van der Waals surface area (Å²) in [5, 5.41) is 0. The van der Waals surface area contributed by atoms with E-state index in [4.69, 9.17) is 0 Å². The standard InChI is InChI=1S/C7H13NO.3C7H15N.C6H11NO.2C6H13N.C5H9NO.C5H11N.9C2H6/c1-8-6-4-2-3-5-7(8)9;3*1-8-6-4-2-3-5-7-8;1-7-5-3-2-4-6(7)8;2*1-7-5-3-2-4-6-7;1-6-4-2-3-5(6)7;1-6-4-2-3-5-6;9*1-2/h2-6H2,1H3;3*2-7H2,1H3;2-5H2,1H3;2*2-6H2,1H3;2-4H2,1H3;2-5H2,1H3;9*1-2H3. The summed E-state index contributed by atoms with van der Waals surface area (Å²) in [4.78, 5) is 52.0. The maximum Gasteiger partial charge on any atom is 0.222 e. The number of hydrogen-bond acceptors (Lipinski definition) is 9. The minimum Gasteiger partial charge on any atom is -0.346 e. The molecule has 9 rings (SSSR count). The molecular weight excluding hydrogens is 1060 g/mol. The summed E-state index contributed by atoms with van der Waals surface area (Å²) in [5.74, 6) is 0.906. The molecule has 0 atom stereocenters. The smallest absolute Gasteiger partial charge is 0.222 e. The lowest BCUT2D eigenvalue weighted by Gasteiger charge is -2.21. The zero-order valence-corrected chi connectivity index (χ0v) is 64.9. The van der Waals surface area contributed by atoms with Gasteiger partial charge in [-0.25, -0.2) is 0 Å². The fourth-order valence-corrected chi connectivity index (χ4v) is 9.51. The minimum absolute atomic E-state index is 0.292. The van der Waals surface area contributed by atoms with Crippen LogP contribution < -0.4 is 0 Å². The van der Waals surface area contributed by atoms with E-state index in [0.29, 0.717) is 17.7 Å². The van der Waals surface area contributed by atoms with Crippen molar-refractivity contribution in [3.8, 4) is 0 Å². The van der Waals surface area contributed by atoms with Crippen LogP contribution in [0.25, 0.3) is 0 Å². The van der Waals surface area contributed by atoms with Gasteiger partial charge in [0.2, 0.25) is 17.7 Å². The van der Waals surface area contributed by atoms with Crippen LogP contribution in [0, 0.1) is 0 Å². The number of carbonyl (C=O) groups excluding carboxylic acids is 3. The number of rotatable bonds is 0. The van der Waals surface area contributed by atoms with Gasteiger partial charge < -0.3 is 44.1 Å². The van der Waals surface area contributed by atoms with Crippen molar-refractivity contribution in [2.45, 2.75) is 311 Å². The second kappa shape index (κ2) is 91.9. The van der Waals surface area contributed by atoms with Gasteiger partial charge in [0.25, 0.3) is 0 Å². The average molecular weight is 1230 g/mol. The van der Waals surface area contributed by atoms with E-state index >= 15 is 0 Å². The molecule has 12 heteroatoms. The van der Waals surface area contributed by atoms with Crippen molar-refractivity contribution in [2.24, 2.45) is 0 Å². The molecule has 0 bridgehead atoms. The predicted octanol–water partition coefficient (Wildman–Crippen LogP) is 18.5. The van der Waals surface area contributed by atoms with Crippen LogP contribution in [0.5, 0.6) is 0 Å². The van der Waals surface area contributed by atoms with Crippen LogP contribution in [0.15, 0.2) is 0 Å². The Morgan fingerprint density at radius 1 is 0.163 bits per heavy atom. The number of amides is 3. The van der Waals surface area contributed by atoms with Crippen LogP contribution in [-0.4, -0.2) is 223 Å². The largest absolute Gasteiger partial charge is 0.346 e. The molecule has 9 fully saturated rings. The highest BCUT2D eigenvalue weighted by molar-refractivity contribution is 5.77. The summed E-state index contributed by atoms with van der Waals surface area (Å²) in [7, 11) is 18.8. The first-order valence-electron chi connectivity index (χ1n) is 37.6. The predicted molar refractivity (Wildman–Crippen MR) is 394 cm³/mol. The van der Waals surface area contributed by atoms with Crippen LogP contribution in [0.4, 0.5) is 0 Å². The number of nitrogens with zero attached hydrogens (tertiary/aromatic N) is 9. The first-order chi connectivity index (χ1) is 41.8. The Kier molecular flexibility index (Phi) is 110. The number of carbonyl (C=O) groups is 3. The Morgan fingerprint density at radius 3 is 0.453 bits per heavy atom. The van der Waals surface area contributed by atoms with Gasteiger partial charge in [-0.1, -0.05) is 182 Å². The van der Waals surface area contributed by atoms with Crippen LogP contribution in [0.1, 0.15) is 311 Å². The van der Waals surface area contributed by atoms with Crippen molar-refractivity contribution < 1.29 is 14.4 Å². The van der Waals surface area contributed by atoms with Crippen LogP contribution in [-0.2, 0) is 14.4 Å². The number of likely N-dealkylation sites (tertiary alicyclic amines) is 9. The van der Waals surface area contributed by atoms with E-state index in [9.17, 15) is 14.4 Å². The second-order valence-corrected chi connectivity index (χ2v) is 21.7. The molecule has 9 saturated heterocycles. The molecule has 0 spiro atoms. The van der Waals surface area contributed by atoms with Crippen LogP contribution >= 0.6 is 0 Å². The lowest BCUT2D eigenvalue weighted by Crippen LogP contribution is -2.31. The molecule has 9 aliphatic heterocycles. The number of piperidine rings is 3. The van der Waals surface area contributed by atoms with Gasteiger partial charge in [-0.3, -0.25) is 14.4 Å². The monoisotopic (exact) mass is 1230 g/mol. The Bertz CT molecular complexity index is 1100. The lowest BCUT2D eigenvalue weighted by molar-refractivity contribution is -0.132. The zero-order valence-electron chi connectivity index (χ0n) is 64.9. The third kappa shape index (κ3) is 82.2. The van der Waals surface area contributed by atoms with Gasteiger partial charge in [0.05, 0.1) is 0 Å². The van der Waals surface area contributed by atoms with Crippen molar-refractivity contribution in [1.82, 2.24) is 44.1 Å². The normalized spacial score (nSPS) is 19.6. The van der Waals surface area contributed by atoms with Crippen molar-refractivity contribution in [3.63, 3.8) is 0 Å². The molecule has 12 nitrogen and oxygen atoms in total. The maximum absolute atomic E-state index is 10.9. The highest BCUT2D eigenvalue weighted by atomic mass is 16.2. The van der Waals surface area contributed by atoms with E-state index in [1.807, 2.05) is 151 Å². The Hall–Kier alpha value is -1.83. The first kappa shape index (κ1) is 103. The van der Waals surface area contributed by atoms with E-state index in [1.54, 1.807) is 9.80 Å². The van der Waals surface area contributed by atoms with Crippen molar-refractivity contribution in [3.05, 3.63) is 0 Å². The molecule has 0 radical (unpaired) electrons. The molecular formula is C74H169N9O3. The van der Waals surface area contributed by atoms with Crippen molar-refractivity contribution in [1.29, 1.82) is 0 Å². The van der Waals surface area contributed by atoms with Gasteiger partial charge >= 0.3 is 0 Å². The van der Waals surface area contributed by atoms with Gasteiger partial charge in [0, 0.05) is 60.0 Å². The molecule has 0 aromatic rings. The molecule has 0 aromatic carbocycles. The molecule has 528 valence electrons. The molecule has 0 saturated carbocycles. The van der Waals surface area contributed by atoms with E-state index in [0.717, 1.165) is 58.2 Å². The average Bonchev–Trinajstić information content (AvgIpc) is 3.82. The van der Waals surface area contributed by atoms with Gasteiger partial charge in [-0.15, -0.1) is 0 Å². The third-order valence-corrected chi connectivity index (χ3v) is 14.7. The fraction of sp³-hybridized carbons (Fsp3) is 0.959. The minimum atomic E-state index is 0.292. The zero-order chi connectivity index (χ0) is 68.0. The molecule has 0 N–H and O–H groups in total. The summed E-state index contributed by atoms with van der Waals surface area (Å²) in [6, 6.07) is 0.